The quantitative estimate of drug-likeness (QED) is 0.851. The first-order valence-electron chi connectivity index (χ1n) is 4.36. The van der Waals surface area contributed by atoms with Crippen LogP contribution in [0.5, 0.6) is 0 Å². The van der Waals surface area contributed by atoms with Gasteiger partial charge in [-0.05, 0) is 30.0 Å². The van der Waals surface area contributed by atoms with Crippen molar-refractivity contribution in [3.8, 4) is 6.07 Å². The molecule has 1 heterocycles. The van der Waals surface area contributed by atoms with Gasteiger partial charge in [0.25, 0.3) is 5.22 Å². The Balaban J connectivity index is 2.34. The van der Waals surface area contributed by atoms with Crippen molar-refractivity contribution in [3.05, 3.63) is 34.1 Å². The van der Waals surface area contributed by atoms with E-state index in [1.165, 1.54) is 11.8 Å². The highest BCUT2D eigenvalue weighted by Gasteiger charge is 2.09. The Labute approximate surface area is 105 Å². The SMILES string of the molecule is Cc1nnc(Sc2cc(Br)ccc2C#N)o1. The highest BCUT2D eigenvalue weighted by molar-refractivity contribution is 9.10. The van der Waals surface area contributed by atoms with E-state index in [0.717, 1.165) is 9.37 Å². The van der Waals surface area contributed by atoms with Crippen LogP contribution in [-0.2, 0) is 0 Å². The number of nitriles is 1. The molecule has 0 bridgehead atoms. The van der Waals surface area contributed by atoms with Crippen LogP contribution in [0.4, 0.5) is 0 Å². The zero-order chi connectivity index (χ0) is 11.5. The summed E-state index contributed by atoms with van der Waals surface area (Å²) >= 11 is 4.64. The van der Waals surface area contributed by atoms with Crippen LogP contribution in [-0.4, -0.2) is 10.2 Å². The summed E-state index contributed by atoms with van der Waals surface area (Å²) in [6.45, 7) is 1.73. The predicted octanol–water partition coefficient (Wildman–Crippen LogP) is 3.16. The van der Waals surface area contributed by atoms with Crippen molar-refractivity contribution in [2.45, 2.75) is 17.0 Å². The van der Waals surface area contributed by atoms with Crippen molar-refractivity contribution in [3.63, 3.8) is 0 Å². The molecule has 0 N–H and O–H groups in total. The van der Waals surface area contributed by atoms with E-state index in [1.54, 1.807) is 13.0 Å². The van der Waals surface area contributed by atoms with Crippen LogP contribution in [0.2, 0.25) is 0 Å². The summed E-state index contributed by atoms with van der Waals surface area (Å²) in [7, 11) is 0. The second-order valence-electron chi connectivity index (χ2n) is 2.94. The van der Waals surface area contributed by atoms with Crippen LogP contribution in [0.1, 0.15) is 11.5 Å². The summed E-state index contributed by atoms with van der Waals surface area (Å²) in [6.07, 6.45) is 0. The highest BCUT2D eigenvalue weighted by Crippen LogP contribution is 2.31. The van der Waals surface area contributed by atoms with Crippen LogP contribution < -0.4 is 0 Å². The van der Waals surface area contributed by atoms with Gasteiger partial charge in [-0.1, -0.05) is 15.9 Å². The molecule has 0 aliphatic carbocycles. The molecule has 1 aromatic carbocycles. The minimum absolute atomic E-state index is 0.437. The van der Waals surface area contributed by atoms with Gasteiger partial charge in [0, 0.05) is 16.3 Å². The second kappa shape index (κ2) is 4.68. The molecule has 0 aliphatic rings. The Morgan fingerprint density at radius 2 is 2.25 bits per heavy atom. The molecule has 0 aliphatic heterocycles. The summed E-state index contributed by atoms with van der Waals surface area (Å²) in [4.78, 5) is 0.792. The molecule has 16 heavy (non-hydrogen) atoms. The van der Waals surface area contributed by atoms with E-state index in [4.69, 9.17) is 9.68 Å². The van der Waals surface area contributed by atoms with E-state index in [1.807, 2.05) is 12.1 Å². The molecule has 6 heteroatoms. The maximum Gasteiger partial charge on any atom is 0.281 e. The zero-order valence-corrected chi connectivity index (χ0v) is 10.7. The first kappa shape index (κ1) is 11.2. The van der Waals surface area contributed by atoms with E-state index in [2.05, 4.69) is 32.2 Å². The van der Waals surface area contributed by atoms with Crippen LogP contribution in [0, 0.1) is 18.3 Å². The van der Waals surface area contributed by atoms with Crippen molar-refractivity contribution in [2.75, 3.05) is 0 Å². The third kappa shape index (κ3) is 2.43. The van der Waals surface area contributed by atoms with Gasteiger partial charge >= 0.3 is 0 Å². The van der Waals surface area contributed by atoms with Crippen molar-refractivity contribution >= 4 is 27.7 Å². The number of rotatable bonds is 2. The second-order valence-corrected chi connectivity index (χ2v) is 4.85. The Hall–Kier alpha value is -1.32. The van der Waals surface area contributed by atoms with Crippen molar-refractivity contribution in [1.29, 1.82) is 5.26 Å². The maximum atomic E-state index is 8.95. The molecule has 1 aromatic heterocycles. The molecule has 4 nitrogen and oxygen atoms in total. The fourth-order valence-corrected chi connectivity index (χ4v) is 2.44. The fourth-order valence-electron chi connectivity index (χ4n) is 1.09. The van der Waals surface area contributed by atoms with Crippen molar-refractivity contribution in [1.82, 2.24) is 10.2 Å². The average Bonchev–Trinajstić information content (AvgIpc) is 2.64. The normalized spacial score (nSPS) is 10.1. The summed E-state index contributed by atoms with van der Waals surface area (Å²) < 4.78 is 6.15. The topological polar surface area (TPSA) is 62.7 Å². The standard InChI is InChI=1S/C10H6BrN3OS/c1-6-13-14-10(15-6)16-9-4-8(11)3-2-7(9)5-12/h2-4H,1H3. The number of benzene rings is 1. The lowest BCUT2D eigenvalue weighted by molar-refractivity contribution is 0.429. The van der Waals surface area contributed by atoms with E-state index < -0.39 is 0 Å². The number of halogens is 1. The Morgan fingerprint density at radius 1 is 1.44 bits per heavy atom. The molecule has 0 saturated carbocycles. The molecule has 0 saturated heterocycles. The van der Waals surface area contributed by atoms with Gasteiger partial charge in [0.15, 0.2) is 0 Å². The molecule has 0 fully saturated rings. The summed E-state index contributed by atoms with van der Waals surface area (Å²) in [5, 5.41) is 17.0. The van der Waals surface area contributed by atoms with E-state index in [9.17, 15) is 0 Å². The third-order valence-electron chi connectivity index (χ3n) is 1.77. The maximum absolute atomic E-state index is 8.95. The lowest BCUT2D eigenvalue weighted by Gasteiger charge is -2.00. The molecule has 0 atom stereocenters. The van der Waals surface area contributed by atoms with Crippen LogP contribution in [0.15, 0.2) is 37.2 Å². The minimum atomic E-state index is 0.437. The average molecular weight is 296 g/mol. The van der Waals surface area contributed by atoms with Gasteiger partial charge in [-0.2, -0.15) is 5.26 Å². The molecular weight excluding hydrogens is 290 g/mol. The zero-order valence-electron chi connectivity index (χ0n) is 8.27. The number of hydrogen-bond donors (Lipinski definition) is 0. The van der Waals surface area contributed by atoms with Gasteiger partial charge in [-0.3, -0.25) is 0 Å². The largest absolute Gasteiger partial charge is 0.416 e. The van der Waals surface area contributed by atoms with Gasteiger partial charge < -0.3 is 4.42 Å². The van der Waals surface area contributed by atoms with Crippen LogP contribution in [0.3, 0.4) is 0 Å². The molecule has 0 amide bonds. The lowest BCUT2D eigenvalue weighted by atomic mass is 10.2. The predicted molar refractivity (Wildman–Crippen MR) is 62.0 cm³/mol. The number of aryl methyl sites for hydroxylation is 1. The Morgan fingerprint density at radius 3 is 2.88 bits per heavy atom. The minimum Gasteiger partial charge on any atom is -0.416 e. The molecule has 2 aromatic rings. The molecule has 2 rings (SSSR count). The van der Waals surface area contributed by atoms with Crippen molar-refractivity contribution < 1.29 is 4.42 Å². The Kier molecular flexibility index (Phi) is 3.27. The van der Waals surface area contributed by atoms with Crippen LogP contribution >= 0.6 is 27.7 Å². The number of nitrogens with zero attached hydrogens (tertiary/aromatic N) is 3. The van der Waals surface area contributed by atoms with Crippen molar-refractivity contribution in [2.24, 2.45) is 0 Å². The monoisotopic (exact) mass is 295 g/mol. The highest BCUT2D eigenvalue weighted by atomic mass is 79.9. The molecule has 0 spiro atoms. The van der Waals surface area contributed by atoms with Gasteiger partial charge in [-0.25, -0.2) is 0 Å². The van der Waals surface area contributed by atoms with Crippen LogP contribution in [0.25, 0.3) is 0 Å². The first-order chi connectivity index (χ1) is 7.69. The van der Waals surface area contributed by atoms with E-state index in [0.29, 0.717) is 16.7 Å². The summed E-state index contributed by atoms with van der Waals surface area (Å²) in [5.74, 6) is 0.510. The third-order valence-corrected chi connectivity index (χ3v) is 3.16. The van der Waals surface area contributed by atoms with E-state index >= 15 is 0 Å². The molecule has 0 radical (unpaired) electrons. The van der Waals surface area contributed by atoms with Gasteiger partial charge in [0.1, 0.15) is 6.07 Å². The van der Waals surface area contributed by atoms with E-state index in [-0.39, 0.29) is 0 Å². The molecular formula is C10H6BrN3OS. The van der Waals surface area contributed by atoms with Gasteiger partial charge in [0.2, 0.25) is 5.89 Å². The first-order valence-corrected chi connectivity index (χ1v) is 5.97. The molecule has 80 valence electrons. The Bertz CT molecular complexity index is 561. The van der Waals surface area contributed by atoms with Gasteiger partial charge in [-0.15, -0.1) is 10.2 Å². The number of hydrogen-bond acceptors (Lipinski definition) is 5. The van der Waals surface area contributed by atoms with Gasteiger partial charge in [0.05, 0.1) is 5.56 Å². The summed E-state index contributed by atoms with van der Waals surface area (Å²) in [6, 6.07) is 7.54. The lowest BCUT2D eigenvalue weighted by Crippen LogP contribution is -1.81. The molecule has 0 unspecified atom stereocenters. The smallest absolute Gasteiger partial charge is 0.281 e. The summed E-state index contributed by atoms with van der Waals surface area (Å²) in [5.41, 5.74) is 0.587. The number of aromatic nitrogens is 2. The fraction of sp³-hybridized carbons (Fsp3) is 0.100.